The maximum Gasteiger partial charge on any atom is 0.350 e. The molecule has 1 aromatic heterocycles. The minimum Gasteiger partial charge on any atom is -0.462 e. The van der Waals surface area contributed by atoms with Crippen molar-refractivity contribution in [2.24, 2.45) is 0 Å². The number of alkyl halides is 1. The fraction of sp³-hybridized carbons (Fsp3) is 0.286. The van der Waals surface area contributed by atoms with Gasteiger partial charge in [0.2, 0.25) is 0 Å². The summed E-state index contributed by atoms with van der Waals surface area (Å²) >= 11 is 4.79. The number of aryl methyl sites for hydroxylation is 1. The second-order valence-corrected chi connectivity index (χ2v) is 5.73. The van der Waals surface area contributed by atoms with E-state index in [1.807, 2.05) is 31.2 Å². The molecule has 0 spiro atoms. The highest BCUT2D eigenvalue weighted by molar-refractivity contribution is 9.08. The van der Waals surface area contributed by atoms with Crippen LogP contribution < -0.4 is 0 Å². The van der Waals surface area contributed by atoms with E-state index in [4.69, 9.17) is 4.74 Å². The summed E-state index contributed by atoms with van der Waals surface area (Å²) in [6, 6.07) is 8.00. The number of hydrogen-bond acceptors (Lipinski definition) is 4. The van der Waals surface area contributed by atoms with Crippen LogP contribution in [-0.2, 0) is 10.1 Å². The molecular formula is C14H14BrNO2S. The zero-order valence-electron chi connectivity index (χ0n) is 10.8. The number of carbonyl (C=O) groups is 1. The lowest BCUT2D eigenvalue weighted by Gasteiger charge is -2.03. The van der Waals surface area contributed by atoms with E-state index >= 15 is 0 Å². The van der Waals surface area contributed by atoms with Crippen molar-refractivity contribution in [3.63, 3.8) is 0 Å². The Morgan fingerprint density at radius 2 is 2.05 bits per heavy atom. The van der Waals surface area contributed by atoms with Gasteiger partial charge in [0.25, 0.3) is 0 Å². The summed E-state index contributed by atoms with van der Waals surface area (Å²) in [6.45, 7) is 4.07. The predicted octanol–water partition coefficient (Wildman–Crippen LogP) is 4.19. The Morgan fingerprint density at radius 1 is 1.37 bits per heavy atom. The minimum atomic E-state index is -0.298. The first-order chi connectivity index (χ1) is 9.15. The van der Waals surface area contributed by atoms with Crippen LogP contribution in [0.15, 0.2) is 24.3 Å². The molecule has 0 bridgehead atoms. The number of hydrogen-bond donors (Lipinski definition) is 0. The Balaban J connectivity index is 2.40. The van der Waals surface area contributed by atoms with E-state index in [0.29, 0.717) is 17.2 Å². The number of carbonyl (C=O) groups excluding carboxylic acids is 1. The summed E-state index contributed by atoms with van der Waals surface area (Å²) < 4.78 is 5.07. The number of nitrogens with zero attached hydrogens (tertiary/aromatic N) is 1. The van der Waals surface area contributed by atoms with Gasteiger partial charge in [0.05, 0.1) is 17.3 Å². The molecule has 1 aromatic carbocycles. The van der Waals surface area contributed by atoms with Crippen LogP contribution in [0.4, 0.5) is 0 Å². The van der Waals surface area contributed by atoms with E-state index in [-0.39, 0.29) is 5.97 Å². The molecule has 5 heteroatoms. The van der Waals surface area contributed by atoms with Crippen LogP contribution in [-0.4, -0.2) is 17.6 Å². The molecule has 19 heavy (non-hydrogen) atoms. The lowest BCUT2D eigenvalue weighted by atomic mass is 10.1. The van der Waals surface area contributed by atoms with Crippen molar-refractivity contribution in [2.45, 2.75) is 19.2 Å². The Bertz CT molecular complexity index is 578. The van der Waals surface area contributed by atoms with Crippen LogP contribution in [0.2, 0.25) is 0 Å². The summed E-state index contributed by atoms with van der Waals surface area (Å²) in [6.07, 6.45) is 0. The average Bonchev–Trinajstić information content (AvgIpc) is 2.81. The van der Waals surface area contributed by atoms with E-state index in [2.05, 4.69) is 20.9 Å². The van der Waals surface area contributed by atoms with Crippen LogP contribution in [0.5, 0.6) is 0 Å². The second kappa shape index (κ2) is 6.30. The van der Waals surface area contributed by atoms with Gasteiger partial charge in [-0.05, 0) is 19.4 Å². The first-order valence-electron chi connectivity index (χ1n) is 5.95. The fourth-order valence-corrected chi connectivity index (χ4v) is 2.92. The highest BCUT2D eigenvalue weighted by Gasteiger charge is 2.19. The van der Waals surface area contributed by atoms with E-state index in [1.54, 1.807) is 6.92 Å². The summed E-state index contributed by atoms with van der Waals surface area (Å²) in [5.41, 5.74) is 2.84. The fourth-order valence-electron chi connectivity index (χ4n) is 1.71. The topological polar surface area (TPSA) is 39.2 Å². The Hall–Kier alpha value is -1.20. The Labute approximate surface area is 124 Å². The summed E-state index contributed by atoms with van der Waals surface area (Å²) in [5, 5.41) is 1.68. The normalized spacial score (nSPS) is 10.5. The van der Waals surface area contributed by atoms with Crippen LogP contribution in [0.25, 0.3) is 11.3 Å². The first kappa shape index (κ1) is 14.2. The molecule has 2 aromatic rings. The number of aromatic nitrogens is 1. The molecule has 0 atom stereocenters. The molecule has 0 fully saturated rings. The van der Waals surface area contributed by atoms with Crippen molar-refractivity contribution in [3.8, 4) is 11.3 Å². The van der Waals surface area contributed by atoms with Crippen molar-refractivity contribution in [1.82, 2.24) is 4.98 Å². The van der Waals surface area contributed by atoms with Crippen molar-refractivity contribution in [3.05, 3.63) is 39.7 Å². The van der Waals surface area contributed by atoms with Crippen molar-refractivity contribution < 1.29 is 9.53 Å². The Kier molecular flexibility index (Phi) is 4.71. The lowest BCUT2D eigenvalue weighted by Crippen LogP contribution is -2.03. The SMILES string of the molecule is CCOC(=O)c1sc(C)nc1-c1ccc(CBr)cc1. The molecule has 0 aliphatic rings. The maximum atomic E-state index is 11.9. The molecule has 0 saturated carbocycles. The molecular weight excluding hydrogens is 326 g/mol. The minimum absolute atomic E-state index is 0.298. The highest BCUT2D eigenvalue weighted by Crippen LogP contribution is 2.29. The van der Waals surface area contributed by atoms with Gasteiger partial charge in [-0.3, -0.25) is 0 Å². The highest BCUT2D eigenvalue weighted by atomic mass is 79.9. The summed E-state index contributed by atoms with van der Waals surface area (Å²) in [5.74, 6) is -0.298. The Morgan fingerprint density at radius 3 is 2.63 bits per heavy atom. The number of benzene rings is 1. The van der Waals surface area contributed by atoms with Crippen molar-refractivity contribution in [1.29, 1.82) is 0 Å². The molecule has 2 rings (SSSR count). The van der Waals surface area contributed by atoms with Gasteiger partial charge in [0.15, 0.2) is 0 Å². The van der Waals surface area contributed by atoms with Crippen LogP contribution >= 0.6 is 27.3 Å². The smallest absolute Gasteiger partial charge is 0.350 e. The zero-order valence-corrected chi connectivity index (χ0v) is 13.2. The molecule has 0 aliphatic carbocycles. The summed E-state index contributed by atoms with van der Waals surface area (Å²) in [4.78, 5) is 16.9. The lowest BCUT2D eigenvalue weighted by molar-refractivity contribution is 0.0532. The van der Waals surface area contributed by atoms with Gasteiger partial charge in [-0.1, -0.05) is 40.2 Å². The third-order valence-corrected chi connectivity index (χ3v) is 4.17. The number of halogens is 1. The van der Waals surface area contributed by atoms with E-state index in [1.165, 1.54) is 16.9 Å². The van der Waals surface area contributed by atoms with Gasteiger partial charge < -0.3 is 4.74 Å². The number of esters is 1. The molecule has 100 valence electrons. The molecule has 0 aliphatic heterocycles. The average molecular weight is 340 g/mol. The van der Waals surface area contributed by atoms with Gasteiger partial charge in [0.1, 0.15) is 4.88 Å². The van der Waals surface area contributed by atoms with E-state index in [0.717, 1.165) is 15.9 Å². The van der Waals surface area contributed by atoms with Crippen LogP contribution in [0, 0.1) is 6.92 Å². The molecule has 3 nitrogen and oxygen atoms in total. The molecule has 0 unspecified atom stereocenters. The van der Waals surface area contributed by atoms with Crippen LogP contribution in [0.1, 0.15) is 27.2 Å². The maximum absolute atomic E-state index is 11.9. The third kappa shape index (κ3) is 3.22. The molecule has 0 radical (unpaired) electrons. The van der Waals surface area contributed by atoms with Crippen LogP contribution in [0.3, 0.4) is 0 Å². The largest absolute Gasteiger partial charge is 0.462 e. The van der Waals surface area contributed by atoms with E-state index in [9.17, 15) is 4.79 Å². The quantitative estimate of drug-likeness (QED) is 0.619. The number of ether oxygens (including phenoxy) is 1. The number of thiazole rings is 1. The zero-order chi connectivity index (χ0) is 13.8. The summed E-state index contributed by atoms with van der Waals surface area (Å²) in [7, 11) is 0. The predicted molar refractivity (Wildman–Crippen MR) is 80.9 cm³/mol. The molecule has 0 N–H and O–H groups in total. The molecule has 1 heterocycles. The van der Waals surface area contributed by atoms with Crippen molar-refractivity contribution >= 4 is 33.2 Å². The van der Waals surface area contributed by atoms with Gasteiger partial charge in [-0.15, -0.1) is 11.3 Å². The van der Waals surface area contributed by atoms with Gasteiger partial charge in [-0.2, -0.15) is 0 Å². The van der Waals surface area contributed by atoms with Gasteiger partial charge in [-0.25, -0.2) is 9.78 Å². The van der Waals surface area contributed by atoms with E-state index < -0.39 is 0 Å². The first-order valence-corrected chi connectivity index (χ1v) is 7.89. The molecule has 0 saturated heterocycles. The monoisotopic (exact) mass is 339 g/mol. The van der Waals surface area contributed by atoms with Gasteiger partial charge >= 0.3 is 5.97 Å². The van der Waals surface area contributed by atoms with Crippen molar-refractivity contribution in [2.75, 3.05) is 6.61 Å². The number of rotatable bonds is 4. The standard InChI is InChI=1S/C14H14BrNO2S/c1-3-18-14(17)13-12(16-9(2)19-13)11-6-4-10(8-15)5-7-11/h4-7H,3,8H2,1-2H3. The second-order valence-electron chi connectivity index (χ2n) is 3.96. The van der Waals surface area contributed by atoms with Gasteiger partial charge in [0, 0.05) is 10.9 Å². The molecule has 0 amide bonds. The third-order valence-electron chi connectivity index (χ3n) is 2.58.